The van der Waals surface area contributed by atoms with E-state index in [1.54, 1.807) is 6.20 Å². The quantitative estimate of drug-likeness (QED) is 0.903. The molecular formula is C15H16BrN3O. The molecule has 3 N–H and O–H groups in total. The number of nitrogens with two attached hydrogens (primary N) is 1. The molecule has 0 saturated heterocycles. The smallest absolute Gasteiger partial charge is 0.234 e. The molecule has 1 atom stereocenters. The van der Waals surface area contributed by atoms with Gasteiger partial charge in [-0.05, 0) is 40.0 Å². The van der Waals surface area contributed by atoms with Gasteiger partial charge in [-0.2, -0.15) is 0 Å². The molecule has 4 nitrogen and oxygen atoms in total. The largest absolute Gasteiger partial charge is 0.329 e. The number of anilines is 1. The summed E-state index contributed by atoms with van der Waals surface area (Å²) in [6, 6.07) is 11.3. The minimum Gasteiger partial charge on any atom is -0.329 e. The Morgan fingerprint density at radius 1 is 1.40 bits per heavy atom. The number of nitrogens with zero attached hydrogens (tertiary/aromatic N) is 1. The molecule has 0 spiro atoms. The minimum atomic E-state index is -0.373. The lowest BCUT2D eigenvalue weighted by Crippen LogP contribution is -2.27. The van der Waals surface area contributed by atoms with Gasteiger partial charge in [0.1, 0.15) is 5.82 Å². The van der Waals surface area contributed by atoms with E-state index in [0.29, 0.717) is 5.82 Å². The van der Waals surface area contributed by atoms with Crippen LogP contribution in [-0.4, -0.2) is 17.4 Å². The molecule has 0 saturated carbocycles. The van der Waals surface area contributed by atoms with E-state index in [1.165, 1.54) is 0 Å². The van der Waals surface area contributed by atoms with Crippen LogP contribution in [-0.2, 0) is 4.79 Å². The number of rotatable bonds is 4. The first kappa shape index (κ1) is 14.7. The number of carbonyl (C=O) groups is 1. The molecular weight excluding hydrogens is 318 g/mol. The van der Waals surface area contributed by atoms with E-state index in [1.807, 2.05) is 43.3 Å². The monoisotopic (exact) mass is 333 g/mol. The molecule has 1 amide bonds. The van der Waals surface area contributed by atoms with Crippen molar-refractivity contribution in [2.24, 2.45) is 5.73 Å². The van der Waals surface area contributed by atoms with Crippen LogP contribution in [0.5, 0.6) is 0 Å². The number of carbonyl (C=O) groups excluding carboxylic acids is 1. The summed E-state index contributed by atoms with van der Waals surface area (Å²) in [5, 5.41) is 2.81. The SMILES string of the molecule is Cc1cc(NC(=O)C(CN)c2ccccc2)ncc1Br. The van der Waals surface area contributed by atoms with Crippen LogP contribution in [0.3, 0.4) is 0 Å². The Balaban J connectivity index is 2.15. The molecule has 1 unspecified atom stereocenters. The van der Waals surface area contributed by atoms with Crippen LogP contribution in [0.2, 0.25) is 0 Å². The number of hydrogen-bond donors (Lipinski definition) is 2. The van der Waals surface area contributed by atoms with Crippen molar-refractivity contribution in [3.8, 4) is 0 Å². The first-order valence-electron chi connectivity index (χ1n) is 6.30. The molecule has 0 aliphatic heterocycles. The first-order valence-corrected chi connectivity index (χ1v) is 7.09. The average Bonchev–Trinajstić information content (AvgIpc) is 2.45. The van der Waals surface area contributed by atoms with Gasteiger partial charge in [0.2, 0.25) is 5.91 Å². The van der Waals surface area contributed by atoms with Gasteiger partial charge >= 0.3 is 0 Å². The zero-order chi connectivity index (χ0) is 14.5. The Bertz CT molecular complexity index is 601. The normalized spacial score (nSPS) is 11.9. The standard InChI is InChI=1S/C15H16BrN3O/c1-10-7-14(18-9-13(10)16)19-15(20)12(8-17)11-5-3-2-4-6-11/h2-7,9,12H,8,17H2,1H3,(H,18,19,20). The molecule has 20 heavy (non-hydrogen) atoms. The highest BCUT2D eigenvalue weighted by Crippen LogP contribution is 2.20. The second kappa shape index (κ2) is 6.63. The van der Waals surface area contributed by atoms with Gasteiger partial charge in [-0.3, -0.25) is 4.79 Å². The fourth-order valence-electron chi connectivity index (χ4n) is 1.90. The van der Waals surface area contributed by atoms with Crippen molar-refractivity contribution in [2.45, 2.75) is 12.8 Å². The molecule has 0 aliphatic carbocycles. The summed E-state index contributed by atoms with van der Waals surface area (Å²) >= 11 is 3.38. The molecule has 0 fully saturated rings. The Hall–Kier alpha value is -1.72. The third-order valence-corrected chi connectivity index (χ3v) is 3.88. The van der Waals surface area contributed by atoms with Crippen LogP contribution in [0, 0.1) is 6.92 Å². The predicted molar refractivity (Wildman–Crippen MR) is 83.5 cm³/mol. The molecule has 2 rings (SSSR count). The maximum absolute atomic E-state index is 12.3. The number of hydrogen-bond acceptors (Lipinski definition) is 3. The van der Waals surface area contributed by atoms with Gasteiger partial charge < -0.3 is 11.1 Å². The minimum absolute atomic E-state index is 0.145. The fraction of sp³-hybridized carbons (Fsp3) is 0.200. The zero-order valence-electron chi connectivity index (χ0n) is 11.1. The maximum atomic E-state index is 12.3. The topological polar surface area (TPSA) is 68.0 Å². The Morgan fingerprint density at radius 3 is 2.70 bits per heavy atom. The van der Waals surface area contributed by atoms with Crippen molar-refractivity contribution in [1.29, 1.82) is 0 Å². The number of aromatic nitrogens is 1. The summed E-state index contributed by atoms with van der Waals surface area (Å²) < 4.78 is 0.911. The number of pyridine rings is 1. The van der Waals surface area contributed by atoms with Crippen LogP contribution >= 0.6 is 15.9 Å². The van der Waals surface area contributed by atoms with E-state index in [0.717, 1.165) is 15.6 Å². The Morgan fingerprint density at radius 2 is 2.10 bits per heavy atom. The van der Waals surface area contributed by atoms with Gasteiger partial charge in [-0.25, -0.2) is 4.98 Å². The highest BCUT2D eigenvalue weighted by atomic mass is 79.9. The van der Waals surface area contributed by atoms with Crippen molar-refractivity contribution in [3.05, 3.63) is 58.2 Å². The van der Waals surface area contributed by atoms with Gasteiger partial charge in [-0.15, -0.1) is 0 Å². The van der Waals surface area contributed by atoms with Gasteiger partial charge in [0.15, 0.2) is 0 Å². The lowest BCUT2D eigenvalue weighted by atomic mass is 9.98. The zero-order valence-corrected chi connectivity index (χ0v) is 12.7. The van der Waals surface area contributed by atoms with E-state index in [-0.39, 0.29) is 18.4 Å². The van der Waals surface area contributed by atoms with Gasteiger partial charge in [0, 0.05) is 17.2 Å². The molecule has 1 heterocycles. The number of amides is 1. The van der Waals surface area contributed by atoms with Crippen molar-refractivity contribution >= 4 is 27.7 Å². The Labute approximate surface area is 126 Å². The van der Waals surface area contributed by atoms with Crippen molar-refractivity contribution in [2.75, 3.05) is 11.9 Å². The van der Waals surface area contributed by atoms with Gasteiger partial charge in [0.25, 0.3) is 0 Å². The number of aryl methyl sites for hydroxylation is 1. The Kier molecular flexibility index (Phi) is 4.87. The van der Waals surface area contributed by atoms with Gasteiger partial charge in [-0.1, -0.05) is 30.3 Å². The second-order valence-corrected chi connectivity index (χ2v) is 5.36. The van der Waals surface area contributed by atoms with Gasteiger partial charge in [0.05, 0.1) is 5.92 Å². The van der Waals surface area contributed by atoms with Crippen LogP contribution in [0.4, 0.5) is 5.82 Å². The molecule has 5 heteroatoms. The van der Waals surface area contributed by atoms with Crippen LogP contribution in [0.1, 0.15) is 17.0 Å². The van der Waals surface area contributed by atoms with E-state index in [4.69, 9.17) is 5.73 Å². The lowest BCUT2D eigenvalue weighted by Gasteiger charge is -2.15. The predicted octanol–water partition coefficient (Wildman–Crippen LogP) is 2.83. The maximum Gasteiger partial charge on any atom is 0.234 e. The number of halogens is 1. The highest BCUT2D eigenvalue weighted by Gasteiger charge is 2.19. The summed E-state index contributed by atoms with van der Waals surface area (Å²) in [7, 11) is 0. The molecule has 1 aromatic heterocycles. The summed E-state index contributed by atoms with van der Waals surface area (Å²) in [6.07, 6.45) is 1.67. The third-order valence-electron chi connectivity index (χ3n) is 3.05. The molecule has 104 valence electrons. The molecule has 1 aromatic carbocycles. The van der Waals surface area contributed by atoms with Crippen molar-refractivity contribution in [3.63, 3.8) is 0 Å². The molecule has 0 bridgehead atoms. The van der Waals surface area contributed by atoms with Crippen LogP contribution < -0.4 is 11.1 Å². The summed E-state index contributed by atoms with van der Waals surface area (Å²) in [5.41, 5.74) is 7.64. The van der Waals surface area contributed by atoms with Crippen molar-refractivity contribution in [1.82, 2.24) is 4.98 Å². The average molecular weight is 334 g/mol. The summed E-state index contributed by atoms with van der Waals surface area (Å²) in [5.74, 6) is 0.0138. The van der Waals surface area contributed by atoms with Crippen LogP contribution in [0.15, 0.2) is 47.1 Å². The van der Waals surface area contributed by atoms with E-state index < -0.39 is 0 Å². The molecule has 0 radical (unpaired) electrons. The number of nitrogens with one attached hydrogen (secondary N) is 1. The fourth-order valence-corrected chi connectivity index (χ4v) is 2.12. The lowest BCUT2D eigenvalue weighted by molar-refractivity contribution is -0.117. The molecule has 2 aromatic rings. The number of benzene rings is 1. The molecule has 0 aliphatic rings. The summed E-state index contributed by atoms with van der Waals surface area (Å²) in [4.78, 5) is 16.5. The first-order chi connectivity index (χ1) is 9.61. The third kappa shape index (κ3) is 3.43. The second-order valence-electron chi connectivity index (χ2n) is 4.51. The van der Waals surface area contributed by atoms with E-state index in [2.05, 4.69) is 26.2 Å². The van der Waals surface area contributed by atoms with Crippen molar-refractivity contribution < 1.29 is 4.79 Å². The van der Waals surface area contributed by atoms with Crippen LogP contribution in [0.25, 0.3) is 0 Å². The summed E-state index contributed by atoms with van der Waals surface area (Å²) in [6.45, 7) is 2.20. The van der Waals surface area contributed by atoms with E-state index >= 15 is 0 Å². The highest BCUT2D eigenvalue weighted by molar-refractivity contribution is 9.10. The van der Waals surface area contributed by atoms with E-state index in [9.17, 15) is 4.79 Å².